The highest BCUT2D eigenvalue weighted by atomic mass is 35.5. The van der Waals surface area contributed by atoms with E-state index in [1.54, 1.807) is 30.3 Å². The highest BCUT2D eigenvalue weighted by Crippen LogP contribution is 2.14. The van der Waals surface area contributed by atoms with E-state index in [4.69, 9.17) is 11.6 Å². The number of hydrogen-bond donors (Lipinski definition) is 0. The molecule has 0 N–H and O–H groups in total. The van der Waals surface area contributed by atoms with E-state index in [-0.39, 0.29) is 22.9 Å². The lowest BCUT2D eigenvalue weighted by Gasteiger charge is -2.12. The molecule has 1 aromatic heterocycles. The first-order valence-electron chi connectivity index (χ1n) is 6.54. The summed E-state index contributed by atoms with van der Waals surface area (Å²) in [5, 5.41) is 0.121. The summed E-state index contributed by atoms with van der Waals surface area (Å²) in [5.74, 6) is -0.188. The molecule has 1 aromatic carbocycles. The fourth-order valence-corrected chi connectivity index (χ4v) is 2.36. The van der Waals surface area contributed by atoms with Gasteiger partial charge in [0.1, 0.15) is 0 Å². The molecule has 0 radical (unpaired) electrons. The van der Waals surface area contributed by atoms with Crippen molar-refractivity contribution in [3.05, 3.63) is 68.6 Å². The summed E-state index contributed by atoms with van der Waals surface area (Å²) in [6.07, 6.45) is 0.962. The summed E-state index contributed by atoms with van der Waals surface area (Å²) >= 11 is 5.91. The molecular formula is C16H14ClNO3. The van der Waals surface area contributed by atoms with Crippen molar-refractivity contribution in [3.8, 4) is 0 Å². The molecule has 1 heterocycles. The second-order valence-corrected chi connectivity index (χ2v) is 4.96. The van der Waals surface area contributed by atoms with Gasteiger partial charge in [0.25, 0.3) is 5.56 Å². The summed E-state index contributed by atoms with van der Waals surface area (Å²) in [6.45, 7) is 1.75. The van der Waals surface area contributed by atoms with Crippen molar-refractivity contribution < 1.29 is 9.59 Å². The van der Waals surface area contributed by atoms with Crippen LogP contribution >= 0.6 is 11.6 Å². The van der Waals surface area contributed by atoms with Gasteiger partial charge in [-0.1, -0.05) is 48.9 Å². The molecule has 0 saturated carbocycles. The van der Waals surface area contributed by atoms with Crippen LogP contribution in [0.15, 0.2) is 41.2 Å². The number of Topliss-reactive ketones (excluding diaryl/α,β-unsaturated/α-hetero) is 1. The second-order valence-electron chi connectivity index (χ2n) is 4.55. The molecule has 0 aliphatic heterocycles. The van der Waals surface area contributed by atoms with Crippen LogP contribution in [-0.4, -0.2) is 16.6 Å². The molecule has 4 nitrogen and oxygen atoms in total. The Bertz CT molecular complexity index is 735. The Labute approximate surface area is 127 Å². The molecule has 0 unspecified atom stereocenters. The Balaban J connectivity index is 2.47. The third-order valence-electron chi connectivity index (χ3n) is 3.25. The lowest BCUT2D eigenvalue weighted by atomic mass is 10.1. The van der Waals surface area contributed by atoms with E-state index in [9.17, 15) is 14.4 Å². The monoisotopic (exact) mass is 303 g/mol. The molecular weight excluding hydrogens is 290 g/mol. The Hall–Kier alpha value is -2.20. The normalized spacial score (nSPS) is 10.4. The van der Waals surface area contributed by atoms with Crippen LogP contribution in [0.3, 0.4) is 0 Å². The summed E-state index contributed by atoms with van der Waals surface area (Å²) in [6, 6.07) is 10.3. The minimum atomic E-state index is -0.529. The molecule has 0 aliphatic rings. The number of carbonyl (C=O) groups is 2. The number of rotatable bonds is 5. The quantitative estimate of drug-likeness (QED) is 0.630. The first-order valence-corrected chi connectivity index (χ1v) is 6.92. The average molecular weight is 304 g/mol. The third-order valence-corrected chi connectivity index (χ3v) is 3.56. The zero-order valence-electron chi connectivity index (χ0n) is 11.5. The molecule has 0 bridgehead atoms. The van der Waals surface area contributed by atoms with Crippen LogP contribution in [-0.2, 0) is 13.0 Å². The van der Waals surface area contributed by atoms with Crippen molar-refractivity contribution in [2.75, 3.05) is 0 Å². The maximum atomic E-state index is 12.3. The van der Waals surface area contributed by atoms with E-state index < -0.39 is 5.56 Å². The van der Waals surface area contributed by atoms with Gasteiger partial charge in [-0.3, -0.25) is 14.4 Å². The molecule has 0 saturated heterocycles. The van der Waals surface area contributed by atoms with Gasteiger partial charge < -0.3 is 4.57 Å². The van der Waals surface area contributed by atoms with Crippen LogP contribution in [0.1, 0.15) is 33.3 Å². The van der Waals surface area contributed by atoms with Crippen molar-refractivity contribution in [2.24, 2.45) is 0 Å². The van der Waals surface area contributed by atoms with Gasteiger partial charge in [0, 0.05) is 11.3 Å². The van der Waals surface area contributed by atoms with Crippen LogP contribution in [0.2, 0.25) is 5.02 Å². The van der Waals surface area contributed by atoms with E-state index in [1.165, 1.54) is 4.57 Å². The first kappa shape index (κ1) is 15.2. The standard InChI is InChI=1S/C16H14ClNO3/c1-2-12-8-14(17)13(10-19)16(21)18(12)9-15(20)11-6-4-3-5-7-11/h3-8,10H,2,9H2,1H3. The molecule has 0 spiro atoms. The Kier molecular flexibility index (Phi) is 4.70. The second kappa shape index (κ2) is 6.50. The maximum absolute atomic E-state index is 12.3. The predicted molar refractivity (Wildman–Crippen MR) is 81.3 cm³/mol. The third kappa shape index (κ3) is 3.11. The van der Waals surface area contributed by atoms with E-state index in [0.29, 0.717) is 24.0 Å². The Morgan fingerprint density at radius 2 is 1.95 bits per heavy atom. The number of aromatic nitrogens is 1. The maximum Gasteiger partial charge on any atom is 0.263 e. The number of nitrogens with zero attached hydrogens (tertiary/aromatic N) is 1. The zero-order valence-corrected chi connectivity index (χ0v) is 12.3. The van der Waals surface area contributed by atoms with Gasteiger partial charge in [0.2, 0.25) is 0 Å². The highest BCUT2D eigenvalue weighted by Gasteiger charge is 2.15. The number of aldehydes is 1. The molecule has 21 heavy (non-hydrogen) atoms. The van der Waals surface area contributed by atoms with Crippen LogP contribution in [0.25, 0.3) is 0 Å². The van der Waals surface area contributed by atoms with Crippen LogP contribution in [0, 0.1) is 0 Å². The number of pyridine rings is 1. The lowest BCUT2D eigenvalue weighted by molar-refractivity contribution is 0.0968. The van der Waals surface area contributed by atoms with E-state index in [0.717, 1.165) is 0 Å². The largest absolute Gasteiger partial charge is 0.304 e. The topological polar surface area (TPSA) is 56.1 Å². The smallest absolute Gasteiger partial charge is 0.263 e. The SMILES string of the molecule is CCc1cc(Cl)c(C=O)c(=O)n1CC(=O)c1ccccc1. The predicted octanol–water partition coefficient (Wildman–Crippen LogP) is 2.76. The molecule has 0 amide bonds. The fourth-order valence-electron chi connectivity index (χ4n) is 2.11. The summed E-state index contributed by atoms with van der Waals surface area (Å²) < 4.78 is 1.31. The van der Waals surface area contributed by atoms with Crippen molar-refractivity contribution in [3.63, 3.8) is 0 Å². The number of carbonyl (C=O) groups excluding carboxylic acids is 2. The van der Waals surface area contributed by atoms with Crippen molar-refractivity contribution in [1.82, 2.24) is 4.57 Å². The molecule has 0 atom stereocenters. The molecule has 0 fully saturated rings. The molecule has 2 aromatic rings. The Morgan fingerprint density at radius 3 is 2.52 bits per heavy atom. The lowest BCUT2D eigenvalue weighted by Crippen LogP contribution is -2.30. The van der Waals surface area contributed by atoms with Crippen LogP contribution in [0.4, 0.5) is 0 Å². The van der Waals surface area contributed by atoms with Gasteiger partial charge in [0.15, 0.2) is 12.1 Å². The zero-order chi connectivity index (χ0) is 15.4. The average Bonchev–Trinajstić information content (AvgIpc) is 2.51. The highest BCUT2D eigenvalue weighted by molar-refractivity contribution is 6.32. The van der Waals surface area contributed by atoms with Gasteiger partial charge in [-0.15, -0.1) is 0 Å². The Morgan fingerprint density at radius 1 is 1.29 bits per heavy atom. The fraction of sp³-hybridized carbons (Fsp3) is 0.188. The van der Waals surface area contributed by atoms with Gasteiger partial charge in [-0.25, -0.2) is 0 Å². The summed E-state index contributed by atoms with van der Waals surface area (Å²) in [4.78, 5) is 35.5. The van der Waals surface area contributed by atoms with Crippen molar-refractivity contribution in [1.29, 1.82) is 0 Å². The van der Waals surface area contributed by atoms with E-state index in [1.807, 2.05) is 13.0 Å². The van der Waals surface area contributed by atoms with Gasteiger partial charge in [0.05, 0.1) is 17.1 Å². The number of ketones is 1. The van der Waals surface area contributed by atoms with Gasteiger partial charge in [-0.05, 0) is 12.5 Å². The number of hydrogen-bond acceptors (Lipinski definition) is 3. The number of aryl methyl sites for hydroxylation is 1. The number of halogens is 1. The van der Waals surface area contributed by atoms with Crippen LogP contribution < -0.4 is 5.56 Å². The minimum Gasteiger partial charge on any atom is -0.304 e. The molecule has 5 heteroatoms. The van der Waals surface area contributed by atoms with Gasteiger partial charge >= 0.3 is 0 Å². The number of benzene rings is 1. The van der Waals surface area contributed by atoms with Gasteiger partial charge in [-0.2, -0.15) is 0 Å². The van der Waals surface area contributed by atoms with Crippen molar-refractivity contribution in [2.45, 2.75) is 19.9 Å². The molecule has 0 aliphatic carbocycles. The minimum absolute atomic E-state index is 0.107. The summed E-state index contributed by atoms with van der Waals surface area (Å²) in [7, 11) is 0. The molecule has 108 valence electrons. The van der Waals surface area contributed by atoms with E-state index in [2.05, 4.69) is 0 Å². The summed E-state index contributed by atoms with van der Waals surface area (Å²) in [5.41, 5.74) is 0.502. The first-order chi connectivity index (χ1) is 10.1. The van der Waals surface area contributed by atoms with Crippen LogP contribution in [0.5, 0.6) is 0 Å². The van der Waals surface area contributed by atoms with E-state index >= 15 is 0 Å². The van der Waals surface area contributed by atoms with Crippen molar-refractivity contribution >= 4 is 23.7 Å². The molecule has 2 rings (SSSR count).